The lowest BCUT2D eigenvalue weighted by Crippen LogP contribution is -2.23. The van der Waals surface area contributed by atoms with Crippen molar-refractivity contribution in [3.8, 4) is 11.5 Å². The number of hydrogen-bond donors (Lipinski definition) is 1. The van der Waals surface area contributed by atoms with Crippen LogP contribution in [0.4, 0.5) is 8.78 Å². The first kappa shape index (κ1) is 20.8. The minimum absolute atomic E-state index is 0.0875. The Morgan fingerprint density at radius 1 is 0.862 bits per heavy atom. The van der Waals surface area contributed by atoms with Crippen LogP contribution in [0.1, 0.15) is 11.1 Å². The van der Waals surface area contributed by atoms with Crippen LogP contribution in [0, 0.1) is 11.6 Å². The van der Waals surface area contributed by atoms with E-state index in [0.717, 1.165) is 17.7 Å². The second-order valence-corrected chi connectivity index (χ2v) is 7.96. The van der Waals surface area contributed by atoms with Gasteiger partial charge in [0.1, 0.15) is 18.2 Å². The Bertz CT molecular complexity index is 1070. The van der Waals surface area contributed by atoms with E-state index in [1.165, 1.54) is 7.11 Å². The van der Waals surface area contributed by atoms with E-state index in [-0.39, 0.29) is 6.54 Å². The molecule has 0 heterocycles. The molecule has 0 aliphatic rings. The van der Waals surface area contributed by atoms with Crippen LogP contribution in [0.3, 0.4) is 0 Å². The molecule has 8 heteroatoms. The van der Waals surface area contributed by atoms with Crippen LogP contribution in [0.5, 0.6) is 11.5 Å². The van der Waals surface area contributed by atoms with Crippen LogP contribution >= 0.6 is 0 Å². The molecular weight excluding hydrogens is 400 g/mol. The highest BCUT2D eigenvalue weighted by Crippen LogP contribution is 2.29. The van der Waals surface area contributed by atoms with Gasteiger partial charge in [-0.05, 0) is 35.4 Å². The van der Waals surface area contributed by atoms with Crippen molar-refractivity contribution < 1.29 is 26.7 Å². The first-order valence-electron chi connectivity index (χ1n) is 8.67. The van der Waals surface area contributed by atoms with Crippen molar-refractivity contribution in [2.75, 3.05) is 7.11 Å². The SMILES string of the molecule is COc1cc(CNS(=O)(=O)c2cc(F)cc(F)c2)ccc1OCc1ccccc1. The summed E-state index contributed by atoms with van der Waals surface area (Å²) in [5.41, 5.74) is 1.59. The summed E-state index contributed by atoms with van der Waals surface area (Å²) < 4.78 is 64.6. The summed E-state index contributed by atoms with van der Waals surface area (Å²) in [5.74, 6) is -0.983. The molecule has 0 unspecified atom stereocenters. The summed E-state index contributed by atoms with van der Waals surface area (Å²) in [6.45, 7) is 0.268. The minimum Gasteiger partial charge on any atom is -0.493 e. The van der Waals surface area contributed by atoms with E-state index in [1.807, 2.05) is 30.3 Å². The van der Waals surface area contributed by atoms with Gasteiger partial charge >= 0.3 is 0 Å². The maximum absolute atomic E-state index is 13.3. The lowest BCUT2D eigenvalue weighted by atomic mass is 10.2. The first-order chi connectivity index (χ1) is 13.9. The Morgan fingerprint density at radius 3 is 2.21 bits per heavy atom. The molecule has 0 radical (unpaired) electrons. The minimum atomic E-state index is -4.08. The number of ether oxygens (including phenoxy) is 2. The summed E-state index contributed by atoms with van der Waals surface area (Å²) >= 11 is 0. The Kier molecular flexibility index (Phi) is 6.46. The van der Waals surface area contributed by atoms with Crippen molar-refractivity contribution in [3.63, 3.8) is 0 Å². The summed E-state index contributed by atoms with van der Waals surface area (Å²) in [6.07, 6.45) is 0. The molecule has 29 heavy (non-hydrogen) atoms. The molecule has 0 amide bonds. The third-order valence-corrected chi connectivity index (χ3v) is 5.46. The predicted molar refractivity (Wildman–Crippen MR) is 104 cm³/mol. The van der Waals surface area contributed by atoms with Gasteiger partial charge in [-0.2, -0.15) is 0 Å². The third kappa shape index (κ3) is 5.52. The number of rotatable bonds is 8. The monoisotopic (exact) mass is 419 g/mol. The number of hydrogen-bond acceptors (Lipinski definition) is 4. The summed E-state index contributed by atoms with van der Waals surface area (Å²) in [4.78, 5) is -0.482. The van der Waals surface area contributed by atoms with E-state index in [9.17, 15) is 17.2 Å². The molecule has 0 fully saturated rings. The number of benzene rings is 3. The van der Waals surface area contributed by atoms with E-state index in [2.05, 4.69) is 4.72 Å². The van der Waals surface area contributed by atoms with E-state index in [1.54, 1.807) is 18.2 Å². The van der Waals surface area contributed by atoms with Gasteiger partial charge in [-0.1, -0.05) is 36.4 Å². The molecule has 3 aromatic carbocycles. The van der Waals surface area contributed by atoms with Gasteiger partial charge in [0.15, 0.2) is 11.5 Å². The van der Waals surface area contributed by atoms with Crippen LogP contribution < -0.4 is 14.2 Å². The zero-order valence-corrected chi connectivity index (χ0v) is 16.4. The summed E-state index contributed by atoms with van der Waals surface area (Å²) in [6, 6.07) is 16.7. The van der Waals surface area contributed by atoms with Gasteiger partial charge < -0.3 is 9.47 Å². The van der Waals surface area contributed by atoms with Gasteiger partial charge in [0.05, 0.1) is 12.0 Å². The molecule has 0 aliphatic heterocycles. The summed E-state index contributed by atoms with van der Waals surface area (Å²) in [7, 11) is -2.60. The lowest BCUT2D eigenvalue weighted by molar-refractivity contribution is 0.284. The molecule has 0 aliphatic carbocycles. The molecule has 0 spiro atoms. The Balaban J connectivity index is 1.69. The quantitative estimate of drug-likeness (QED) is 0.599. The first-order valence-corrected chi connectivity index (χ1v) is 10.1. The fourth-order valence-electron chi connectivity index (χ4n) is 2.62. The second kappa shape index (κ2) is 9.02. The Morgan fingerprint density at radius 2 is 1.55 bits per heavy atom. The highest BCUT2D eigenvalue weighted by molar-refractivity contribution is 7.89. The Labute approximate surface area is 168 Å². The topological polar surface area (TPSA) is 64.6 Å². The molecule has 0 aromatic heterocycles. The van der Waals surface area contributed by atoms with E-state index in [0.29, 0.717) is 29.7 Å². The molecule has 0 atom stereocenters. The largest absolute Gasteiger partial charge is 0.493 e. The van der Waals surface area contributed by atoms with Crippen molar-refractivity contribution in [2.45, 2.75) is 18.0 Å². The number of sulfonamides is 1. The lowest BCUT2D eigenvalue weighted by Gasteiger charge is -2.13. The second-order valence-electron chi connectivity index (χ2n) is 6.19. The summed E-state index contributed by atoms with van der Waals surface area (Å²) in [5, 5.41) is 0. The third-order valence-electron chi connectivity index (χ3n) is 4.08. The van der Waals surface area contributed by atoms with Crippen molar-refractivity contribution in [1.29, 1.82) is 0 Å². The van der Waals surface area contributed by atoms with E-state index < -0.39 is 26.6 Å². The Hall–Kier alpha value is -2.97. The van der Waals surface area contributed by atoms with Crippen molar-refractivity contribution in [3.05, 3.63) is 89.5 Å². The smallest absolute Gasteiger partial charge is 0.241 e. The van der Waals surface area contributed by atoms with Crippen molar-refractivity contribution >= 4 is 10.0 Å². The molecule has 5 nitrogen and oxygen atoms in total. The maximum atomic E-state index is 13.3. The molecule has 1 N–H and O–H groups in total. The van der Waals surface area contributed by atoms with Crippen LogP contribution in [-0.4, -0.2) is 15.5 Å². The normalized spacial score (nSPS) is 11.3. The highest BCUT2D eigenvalue weighted by Gasteiger charge is 2.17. The molecule has 3 rings (SSSR count). The maximum Gasteiger partial charge on any atom is 0.241 e. The van der Waals surface area contributed by atoms with Crippen molar-refractivity contribution in [2.24, 2.45) is 0 Å². The fraction of sp³-hybridized carbons (Fsp3) is 0.143. The highest BCUT2D eigenvalue weighted by atomic mass is 32.2. The zero-order valence-electron chi connectivity index (χ0n) is 15.6. The molecule has 152 valence electrons. The van der Waals surface area contributed by atoms with Gasteiger partial charge in [-0.25, -0.2) is 21.9 Å². The standard InChI is InChI=1S/C21H19F2NO4S/c1-27-21-9-16(7-8-20(21)28-14-15-5-3-2-4-6-15)13-24-29(25,26)19-11-17(22)10-18(23)12-19/h2-12,24H,13-14H2,1H3. The van der Waals surface area contributed by atoms with Crippen LogP contribution in [0.15, 0.2) is 71.6 Å². The van der Waals surface area contributed by atoms with Gasteiger partial charge in [0, 0.05) is 12.6 Å². The van der Waals surface area contributed by atoms with E-state index in [4.69, 9.17) is 9.47 Å². The van der Waals surface area contributed by atoms with Crippen LogP contribution in [0.2, 0.25) is 0 Å². The number of halogens is 2. The number of methoxy groups -OCH3 is 1. The number of nitrogens with one attached hydrogen (secondary N) is 1. The average molecular weight is 419 g/mol. The van der Waals surface area contributed by atoms with Gasteiger partial charge in [-0.3, -0.25) is 0 Å². The van der Waals surface area contributed by atoms with Crippen LogP contribution in [0.25, 0.3) is 0 Å². The fourth-order valence-corrected chi connectivity index (χ4v) is 3.68. The van der Waals surface area contributed by atoms with Gasteiger partial charge in [-0.15, -0.1) is 0 Å². The molecule has 0 bridgehead atoms. The van der Waals surface area contributed by atoms with Crippen LogP contribution in [-0.2, 0) is 23.2 Å². The predicted octanol–water partition coefficient (Wildman–Crippen LogP) is 4.03. The van der Waals surface area contributed by atoms with Crippen molar-refractivity contribution in [1.82, 2.24) is 4.72 Å². The zero-order chi connectivity index (χ0) is 20.9. The van der Waals surface area contributed by atoms with Gasteiger partial charge in [0.2, 0.25) is 10.0 Å². The van der Waals surface area contributed by atoms with Gasteiger partial charge in [0.25, 0.3) is 0 Å². The molecule has 0 saturated carbocycles. The molecular formula is C21H19F2NO4S. The molecule has 0 saturated heterocycles. The molecule has 3 aromatic rings. The van der Waals surface area contributed by atoms with E-state index >= 15 is 0 Å². The average Bonchev–Trinajstić information content (AvgIpc) is 2.71.